The number of carbonyl (C=O) groups excluding carboxylic acids is 1. The first kappa shape index (κ1) is 19.0. The fourth-order valence-corrected chi connectivity index (χ4v) is 3.60. The lowest BCUT2D eigenvalue weighted by atomic mass is 10.2. The van der Waals surface area contributed by atoms with Crippen LogP contribution in [-0.4, -0.2) is 27.5 Å². The Morgan fingerprint density at radius 1 is 1.16 bits per heavy atom. The lowest BCUT2D eigenvalue weighted by Gasteiger charge is -2.15. The topological polar surface area (TPSA) is 84.5 Å². The number of amides is 1. The Morgan fingerprint density at radius 2 is 1.84 bits per heavy atom. The van der Waals surface area contributed by atoms with E-state index in [4.69, 9.17) is 4.74 Å². The molecule has 2 aromatic carbocycles. The van der Waals surface area contributed by atoms with Crippen LogP contribution in [0.5, 0.6) is 5.75 Å². The lowest BCUT2D eigenvalue weighted by Crippen LogP contribution is -2.44. The van der Waals surface area contributed by atoms with Crippen molar-refractivity contribution < 1.29 is 17.9 Å². The van der Waals surface area contributed by atoms with Gasteiger partial charge in [-0.15, -0.1) is 0 Å². The molecule has 7 heteroatoms. The van der Waals surface area contributed by atoms with E-state index in [-0.39, 0.29) is 4.90 Å². The van der Waals surface area contributed by atoms with E-state index in [1.54, 1.807) is 13.0 Å². The lowest BCUT2D eigenvalue weighted by molar-refractivity contribution is -0.122. The van der Waals surface area contributed by atoms with Crippen molar-refractivity contribution in [1.82, 2.24) is 10.0 Å². The summed E-state index contributed by atoms with van der Waals surface area (Å²) in [5.74, 6) is 0.213. The van der Waals surface area contributed by atoms with Crippen molar-refractivity contribution in [1.29, 1.82) is 0 Å². The first-order chi connectivity index (χ1) is 11.8. The normalized spacial score (nSPS) is 12.4. The number of methoxy groups -OCH3 is 1. The number of nitrogens with one attached hydrogen (secondary N) is 2. The average molecular weight is 362 g/mol. The van der Waals surface area contributed by atoms with Crippen molar-refractivity contribution in [2.45, 2.75) is 31.3 Å². The minimum atomic E-state index is -3.80. The zero-order valence-electron chi connectivity index (χ0n) is 14.4. The second kappa shape index (κ2) is 8.13. The molecule has 0 radical (unpaired) electrons. The van der Waals surface area contributed by atoms with Crippen LogP contribution in [0.4, 0.5) is 0 Å². The van der Waals surface area contributed by atoms with Crippen molar-refractivity contribution in [3.05, 3.63) is 59.7 Å². The van der Waals surface area contributed by atoms with Gasteiger partial charge in [0, 0.05) is 6.54 Å². The summed E-state index contributed by atoms with van der Waals surface area (Å²) in [4.78, 5) is 12.2. The molecule has 134 valence electrons. The predicted octanol–water partition coefficient (Wildman–Crippen LogP) is 1.99. The van der Waals surface area contributed by atoms with Crippen LogP contribution in [-0.2, 0) is 21.4 Å². The molecule has 2 aromatic rings. The Labute approximate surface area is 148 Å². The fourth-order valence-electron chi connectivity index (χ4n) is 2.31. The molecule has 0 bridgehead atoms. The monoisotopic (exact) mass is 362 g/mol. The fraction of sp³-hybridized carbons (Fsp3) is 0.278. The molecular formula is C18H22N2O4S. The number of benzene rings is 2. The molecule has 0 aromatic heterocycles. The van der Waals surface area contributed by atoms with Gasteiger partial charge in [0.05, 0.1) is 18.0 Å². The van der Waals surface area contributed by atoms with E-state index in [0.29, 0.717) is 17.9 Å². The molecule has 0 spiro atoms. The molecule has 0 heterocycles. The van der Waals surface area contributed by atoms with Gasteiger partial charge in [-0.3, -0.25) is 4.79 Å². The number of carbonyl (C=O) groups is 1. The third kappa shape index (κ3) is 5.04. The van der Waals surface area contributed by atoms with Crippen LogP contribution in [0.15, 0.2) is 53.4 Å². The van der Waals surface area contributed by atoms with E-state index >= 15 is 0 Å². The number of aryl methyl sites for hydroxylation is 1. The Balaban J connectivity index is 2.01. The van der Waals surface area contributed by atoms with E-state index in [0.717, 1.165) is 5.56 Å². The van der Waals surface area contributed by atoms with E-state index < -0.39 is 22.0 Å². The van der Waals surface area contributed by atoms with Crippen LogP contribution in [0.2, 0.25) is 0 Å². The molecule has 1 atom stereocenters. The maximum atomic E-state index is 12.4. The summed E-state index contributed by atoms with van der Waals surface area (Å²) in [7, 11) is -2.28. The third-order valence-corrected chi connectivity index (χ3v) is 5.25. The average Bonchev–Trinajstić information content (AvgIpc) is 2.60. The molecule has 2 N–H and O–H groups in total. The van der Waals surface area contributed by atoms with Crippen LogP contribution in [0, 0.1) is 6.92 Å². The van der Waals surface area contributed by atoms with Crippen LogP contribution < -0.4 is 14.8 Å². The van der Waals surface area contributed by atoms with Gasteiger partial charge in [0.2, 0.25) is 15.9 Å². The molecular weight excluding hydrogens is 340 g/mol. The molecule has 0 fully saturated rings. The van der Waals surface area contributed by atoms with E-state index in [1.807, 2.05) is 30.3 Å². The SMILES string of the molecule is COc1ccc(S(=O)(=O)N[C@H](C)C(=O)NCc2ccccc2)cc1C. The Kier molecular flexibility index (Phi) is 6.17. The Bertz CT molecular complexity index is 835. The second-order valence-electron chi connectivity index (χ2n) is 5.68. The number of hydrogen-bond donors (Lipinski definition) is 2. The highest BCUT2D eigenvalue weighted by Gasteiger charge is 2.22. The highest BCUT2D eigenvalue weighted by Crippen LogP contribution is 2.21. The van der Waals surface area contributed by atoms with Crippen molar-refractivity contribution in [3.63, 3.8) is 0 Å². The number of hydrogen-bond acceptors (Lipinski definition) is 4. The van der Waals surface area contributed by atoms with Gasteiger partial charge < -0.3 is 10.1 Å². The molecule has 0 aliphatic heterocycles. The summed E-state index contributed by atoms with van der Waals surface area (Å²) in [5.41, 5.74) is 1.64. The summed E-state index contributed by atoms with van der Waals surface area (Å²) in [6.07, 6.45) is 0. The minimum Gasteiger partial charge on any atom is -0.496 e. The van der Waals surface area contributed by atoms with Gasteiger partial charge in [-0.25, -0.2) is 8.42 Å². The highest BCUT2D eigenvalue weighted by atomic mass is 32.2. The maximum Gasteiger partial charge on any atom is 0.241 e. The summed E-state index contributed by atoms with van der Waals surface area (Å²) in [5, 5.41) is 2.72. The van der Waals surface area contributed by atoms with Gasteiger partial charge in [-0.05, 0) is 43.2 Å². The molecule has 0 aliphatic rings. The Morgan fingerprint density at radius 3 is 2.44 bits per heavy atom. The zero-order chi connectivity index (χ0) is 18.4. The van der Waals surface area contributed by atoms with Gasteiger partial charge in [-0.2, -0.15) is 4.72 Å². The maximum absolute atomic E-state index is 12.4. The van der Waals surface area contributed by atoms with E-state index in [1.165, 1.54) is 26.2 Å². The van der Waals surface area contributed by atoms with Crippen LogP contribution in [0.1, 0.15) is 18.1 Å². The quantitative estimate of drug-likeness (QED) is 0.789. The molecule has 1 amide bonds. The third-order valence-electron chi connectivity index (χ3n) is 3.71. The van der Waals surface area contributed by atoms with Gasteiger partial charge in [-0.1, -0.05) is 30.3 Å². The van der Waals surface area contributed by atoms with Crippen molar-refractivity contribution in [3.8, 4) is 5.75 Å². The van der Waals surface area contributed by atoms with Gasteiger partial charge in [0.1, 0.15) is 5.75 Å². The number of ether oxygens (including phenoxy) is 1. The molecule has 0 saturated heterocycles. The highest BCUT2D eigenvalue weighted by molar-refractivity contribution is 7.89. The first-order valence-electron chi connectivity index (χ1n) is 7.82. The summed E-state index contributed by atoms with van der Waals surface area (Å²) in [6.45, 7) is 3.61. The van der Waals surface area contributed by atoms with Crippen LogP contribution in [0.25, 0.3) is 0 Å². The van der Waals surface area contributed by atoms with Gasteiger partial charge in [0.15, 0.2) is 0 Å². The Hall–Kier alpha value is -2.38. The van der Waals surface area contributed by atoms with Gasteiger partial charge in [0.25, 0.3) is 0 Å². The first-order valence-corrected chi connectivity index (χ1v) is 9.30. The predicted molar refractivity (Wildman–Crippen MR) is 95.8 cm³/mol. The van der Waals surface area contributed by atoms with E-state index in [2.05, 4.69) is 10.0 Å². The number of sulfonamides is 1. The summed E-state index contributed by atoms with van der Waals surface area (Å²) < 4.78 is 32.4. The van der Waals surface area contributed by atoms with Gasteiger partial charge >= 0.3 is 0 Å². The zero-order valence-corrected chi connectivity index (χ0v) is 15.3. The molecule has 25 heavy (non-hydrogen) atoms. The van der Waals surface area contributed by atoms with Crippen LogP contribution >= 0.6 is 0 Å². The van der Waals surface area contributed by atoms with Crippen molar-refractivity contribution in [2.75, 3.05) is 7.11 Å². The molecule has 2 rings (SSSR count). The standard InChI is InChI=1S/C18H22N2O4S/c1-13-11-16(9-10-17(13)24-3)25(22,23)20-14(2)18(21)19-12-15-7-5-4-6-8-15/h4-11,14,20H,12H2,1-3H3,(H,19,21)/t14-/m1/s1. The second-order valence-corrected chi connectivity index (χ2v) is 7.39. The largest absolute Gasteiger partial charge is 0.496 e. The smallest absolute Gasteiger partial charge is 0.241 e. The molecule has 0 saturated carbocycles. The summed E-state index contributed by atoms with van der Waals surface area (Å²) >= 11 is 0. The van der Waals surface area contributed by atoms with E-state index in [9.17, 15) is 13.2 Å². The molecule has 0 aliphatic carbocycles. The minimum absolute atomic E-state index is 0.0912. The van der Waals surface area contributed by atoms with Crippen molar-refractivity contribution in [2.24, 2.45) is 0 Å². The van der Waals surface area contributed by atoms with Crippen molar-refractivity contribution >= 4 is 15.9 Å². The number of rotatable bonds is 7. The van der Waals surface area contributed by atoms with Crippen LogP contribution in [0.3, 0.4) is 0 Å². The molecule has 0 unspecified atom stereocenters. The summed E-state index contributed by atoms with van der Waals surface area (Å²) in [6, 6.07) is 13.1. The molecule has 6 nitrogen and oxygen atoms in total.